The maximum Gasteiger partial charge on any atom is 0.223 e. The molecule has 1 aliphatic heterocycles. The van der Waals surface area contributed by atoms with Crippen LogP contribution in [0, 0.1) is 17.3 Å². The van der Waals surface area contributed by atoms with E-state index >= 15 is 0 Å². The predicted molar refractivity (Wildman–Crippen MR) is 105 cm³/mol. The molecule has 1 saturated carbocycles. The number of hydrogen-bond donors (Lipinski definition) is 2. The highest BCUT2D eigenvalue weighted by atomic mass is 79.9. The van der Waals surface area contributed by atoms with Crippen LogP contribution < -0.4 is 10.6 Å². The number of benzene rings is 1. The van der Waals surface area contributed by atoms with Crippen LogP contribution in [-0.4, -0.2) is 25.5 Å². The summed E-state index contributed by atoms with van der Waals surface area (Å²) < 4.78 is 1.12. The van der Waals surface area contributed by atoms with Crippen molar-refractivity contribution in [1.82, 2.24) is 10.6 Å². The van der Waals surface area contributed by atoms with Crippen LogP contribution in [-0.2, 0) is 11.2 Å². The molecule has 1 aliphatic carbocycles. The molecule has 0 bridgehead atoms. The monoisotopic (exact) mass is 414 g/mol. The Bertz CT molecular complexity index is 560. The van der Waals surface area contributed by atoms with E-state index in [1.807, 2.05) is 0 Å². The van der Waals surface area contributed by atoms with E-state index in [1.54, 1.807) is 0 Å². The third kappa shape index (κ3) is 4.74. The molecule has 134 valence electrons. The lowest BCUT2D eigenvalue weighted by Crippen LogP contribution is -2.35. The van der Waals surface area contributed by atoms with Gasteiger partial charge in [0.2, 0.25) is 5.91 Å². The zero-order chi connectivity index (χ0) is 16.3. The van der Waals surface area contributed by atoms with Crippen molar-refractivity contribution in [2.75, 3.05) is 19.6 Å². The molecule has 1 spiro atoms. The summed E-state index contributed by atoms with van der Waals surface area (Å²) in [6, 6.07) is 8.48. The number of nitrogens with one attached hydrogen (secondary N) is 2. The van der Waals surface area contributed by atoms with Crippen molar-refractivity contribution in [3.05, 3.63) is 34.3 Å². The van der Waals surface area contributed by atoms with Gasteiger partial charge in [-0.2, -0.15) is 0 Å². The van der Waals surface area contributed by atoms with Gasteiger partial charge in [-0.05, 0) is 67.8 Å². The van der Waals surface area contributed by atoms with E-state index in [2.05, 4.69) is 57.8 Å². The van der Waals surface area contributed by atoms with Crippen LogP contribution >= 0.6 is 28.3 Å². The molecule has 1 aromatic carbocycles. The molecule has 2 fully saturated rings. The Hall–Kier alpha value is -0.580. The highest BCUT2D eigenvalue weighted by molar-refractivity contribution is 9.10. The molecule has 0 radical (unpaired) electrons. The van der Waals surface area contributed by atoms with Crippen molar-refractivity contribution in [3.63, 3.8) is 0 Å². The lowest BCUT2D eigenvalue weighted by Gasteiger charge is -2.23. The van der Waals surface area contributed by atoms with Crippen molar-refractivity contribution in [2.24, 2.45) is 17.3 Å². The quantitative estimate of drug-likeness (QED) is 0.739. The van der Waals surface area contributed by atoms with Gasteiger partial charge in [0.25, 0.3) is 0 Å². The van der Waals surface area contributed by atoms with Crippen LogP contribution in [0.2, 0.25) is 0 Å². The minimum Gasteiger partial charge on any atom is -0.356 e. The zero-order valence-electron chi connectivity index (χ0n) is 14.3. The van der Waals surface area contributed by atoms with Gasteiger partial charge in [0, 0.05) is 16.9 Å². The molecule has 2 aliphatic rings. The maximum absolute atomic E-state index is 12.5. The minimum absolute atomic E-state index is 0. The molecule has 3 nitrogen and oxygen atoms in total. The molecule has 1 amide bonds. The summed E-state index contributed by atoms with van der Waals surface area (Å²) >= 11 is 3.53. The fraction of sp³-hybridized carbons (Fsp3) is 0.632. The first-order valence-corrected chi connectivity index (χ1v) is 9.65. The number of rotatable bonds is 6. The van der Waals surface area contributed by atoms with E-state index < -0.39 is 0 Å². The Morgan fingerprint density at radius 2 is 2.17 bits per heavy atom. The third-order valence-corrected chi connectivity index (χ3v) is 6.15. The van der Waals surface area contributed by atoms with Crippen molar-refractivity contribution in [1.29, 1.82) is 0 Å². The number of halogens is 2. The predicted octanol–water partition coefficient (Wildman–Crippen LogP) is 3.95. The van der Waals surface area contributed by atoms with Crippen molar-refractivity contribution in [3.8, 4) is 0 Å². The van der Waals surface area contributed by atoms with Crippen molar-refractivity contribution in [2.45, 2.75) is 39.0 Å². The Labute approximate surface area is 159 Å². The first-order valence-electron chi connectivity index (χ1n) is 8.86. The van der Waals surface area contributed by atoms with Crippen LogP contribution in [0.3, 0.4) is 0 Å². The van der Waals surface area contributed by atoms with E-state index in [1.165, 1.54) is 18.4 Å². The summed E-state index contributed by atoms with van der Waals surface area (Å²) in [5, 5.41) is 6.63. The van der Waals surface area contributed by atoms with Gasteiger partial charge in [-0.1, -0.05) is 41.4 Å². The van der Waals surface area contributed by atoms with Gasteiger partial charge < -0.3 is 10.6 Å². The van der Waals surface area contributed by atoms with Crippen LogP contribution in [0.4, 0.5) is 0 Å². The molecule has 3 rings (SSSR count). The molecule has 1 saturated heterocycles. The summed E-state index contributed by atoms with van der Waals surface area (Å²) in [5.74, 6) is 1.07. The van der Waals surface area contributed by atoms with Gasteiger partial charge in [0.1, 0.15) is 0 Å². The zero-order valence-corrected chi connectivity index (χ0v) is 16.7. The van der Waals surface area contributed by atoms with Crippen molar-refractivity contribution < 1.29 is 4.79 Å². The molecule has 0 aromatic heterocycles. The number of piperidine rings is 1. The molecular formula is C19H28BrClN2O. The topological polar surface area (TPSA) is 41.1 Å². The summed E-state index contributed by atoms with van der Waals surface area (Å²) in [7, 11) is 0. The average molecular weight is 416 g/mol. The van der Waals surface area contributed by atoms with E-state index in [-0.39, 0.29) is 18.3 Å². The molecule has 24 heavy (non-hydrogen) atoms. The second-order valence-electron chi connectivity index (χ2n) is 7.22. The SMILES string of the molecule is CCC(CNC(=O)C1CC12CCNCC2)Cc1cccc(Br)c1.Cl. The summed E-state index contributed by atoms with van der Waals surface area (Å²) in [4.78, 5) is 12.5. The smallest absolute Gasteiger partial charge is 0.223 e. The average Bonchev–Trinajstić information content (AvgIpc) is 3.25. The highest BCUT2D eigenvalue weighted by Gasteiger charge is 2.57. The first-order chi connectivity index (χ1) is 11.1. The number of amides is 1. The summed E-state index contributed by atoms with van der Waals surface area (Å²) in [6.07, 6.45) is 5.55. The fourth-order valence-corrected chi connectivity index (χ4v) is 4.37. The molecule has 5 heteroatoms. The van der Waals surface area contributed by atoms with E-state index in [0.29, 0.717) is 17.2 Å². The Kier molecular flexibility index (Phi) is 7.14. The standard InChI is InChI=1S/C19H27BrN2O.ClH/c1-2-14(10-15-4-3-5-16(20)11-15)13-22-18(23)17-12-19(17)6-8-21-9-7-19;/h3-5,11,14,17,21H,2,6-10,12-13H2,1H3,(H,22,23);1H. The van der Waals surface area contributed by atoms with E-state index in [4.69, 9.17) is 0 Å². The van der Waals surface area contributed by atoms with Crippen LogP contribution in [0.25, 0.3) is 0 Å². The Morgan fingerprint density at radius 3 is 2.83 bits per heavy atom. The van der Waals surface area contributed by atoms with Crippen LogP contribution in [0.1, 0.15) is 38.2 Å². The van der Waals surface area contributed by atoms with Gasteiger partial charge in [-0.3, -0.25) is 4.79 Å². The van der Waals surface area contributed by atoms with Gasteiger partial charge in [0.05, 0.1) is 0 Å². The normalized spacial score (nSPS) is 22.5. The molecule has 1 aromatic rings. The highest BCUT2D eigenvalue weighted by Crippen LogP contribution is 2.58. The fourth-order valence-electron chi connectivity index (χ4n) is 3.92. The molecule has 2 atom stereocenters. The van der Waals surface area contributed by atoms with E-state index in [9.17, 15) is 4.79 Å². The first kappa shape index (κ1) is 19.7. The minimum atomic E-state index is 0. The van der Waals surface area contributed by atoms with Crippen molar-refractivity contribution >= 4 is 34.2 Å². The maximum atomic E-state index is 12.5. The number of carbonyl (C=O) groups is 1. The Balaban J connectivity index is 0.00000208. The second-order valence-corrected chi connectivity index (χ2v) is 8.14. The third-order valence-electron chi connectivity index (χ3n) is 5.66. The number of hydrogen-bond acceptors (Lipinski definition) is 2. The van der Waals surface area contributed by atoms with Gasteiger partial charge in [0.15, 0.2) is 0 Å². The lowest BCUT2D eigenvalue weighted by molar-refractivity contribution is -0.123. The van der Waals surface area contributed by atoms with E-state index in [0.717, 1.165) is 43.4 Å². The van der Waals surface area contributed by atoms with Gasteiger partial charge in [-0.15, -0.1) is 12.4 Å². The van der Waals surface area contributed by atoms with Crippen LogP contribution in [0.15, 0.2) is 28.7 Å². The molecule has 2 unspecified atom stereocenters. The number of carbonyl (C=O) groups excluding carboxylic acids is 1. The van der Waals surface area contributed by atoms with Crippen LogP contribution in [0.5, 0.6) is 0 Å². The van der Waals surface area contributed by atoms with Gasteiger partial charge in [-0.25, -0.2) is 0 Å². The van der Waals surface area contributed by atoms with Gasteiger partial charge >= 0.3 is 0 Å². The molecule has 1 heterocycles. The molecular weight excluding hydrogens is 388 g/mol. The molecule has 2 N–H and O–H groups in total. The Morgan fingerprint density at radius 1 is 1.42 bits per heavy atom. The largest absolute Gasteiger partial charge is 0.356 e. The second kappa shape index (κ2) is 8.68. The lowest BCUT2D eigenvalue weighted by atomic mass is 9.91. The summed E-state index contributed by atoms with van der Waals surface area (Å²) in [5.41, 5.74) is 1.67. The summed E-state index contributed by atoms with van der Waals surface area (Å²) in [6.45, 7) is 5.15.